The summed E-state index contributed by atoms with van der Waals surface area (Å²) >= 11 is 0. The highest BCUT2D eigenvalue weighted by Crippen LogP contribution is 2.26. The number of carbonyl (C=O) groups is 1. The van der Waals surface area contributed by atoms with E-state index >= 15 is 0 Å². The molecule has 1 saturated carbocycles. The lowest BCUT2D eigenvalue weighted by Crippen LogP contribution is -2.45. The summed E-state index contributed by atoms with van der Waals surface area (Å²) in [6.07, 6.45) is 6.76. The molecule has 1 aliphatic heterocycles. The second-order valence-electron chi connectivity index (χ2n) is 8.32. The van der Waals surface area contributed by atoms with Gasteiger partial charge in [0, 0.05) is 37.7 Å². The van der Waals surface area contributed by atoms with Crippen LogP contribution in [-0.2, 0) is 11.3 Å². The highest BCUT2D eigenvalue weighted by atomic mass is 16.5. The number of hydrogen-bond acceptors (Lipinski definition) is 4. The fourth-order valence-electron chi connectivity index (χ4n) is 4.03. The van der Waals surface area contributed by atoms with Crippen molar-refractivity contribution in [1.29, 1.82) is 0 Å². The van der Waals surface area contributed by atoms with Gasteiger partial charge in [0.05, 0.1) is 5.69 Å². The third-order valence-corrected chi connectivity index (χ3v) is 5.70. The van der Waals surface area contributed by atoms with Gasteiger partial charge in [0.25, 0.3) is 0 Å². The van der Waals surface area contributed by atoms with E-state index in [-0.39, 0.29) is 12.0 Å². The van der Waals surface area contributed by atoms with Crippen molar-refractivity contribution in [3.8, 4) is 0 Å². The van der Waals surface area contributed by atoms with E-state index in [0.29, 0.717) is 18.4 Å². The van der Waals surface area contributed by atoms with Gasteiger partial charge in [0.2, 0.25) is 5.91 Å². The fraction of sp³-hybridized carbons (Fsp3) is 0.762. The highest BCUT2D eigenvalue weighted by Gasteiger charge is 2.31. The Hall–Kier alpha value is -2.05. The molecule has 0 bridgehead atoms. The summed E-state index contributed by atoms with van der Waals surface area (Å²) in [5, 5.41) is 10.9. The van der Waals surface area contributed by atoms with Gasteiger partial charge >= 0.3 is 0 Å². The zero-order chi connectivity index (χ0) is 19.9. The first-order valence-electron chi connectivity index (χ1n) is 10.9. The summed E-state index contributed by atoms with van der Waals surface area (Å²) in [6.45, 7) is 9.08. The number of guanidine groups is 1. The predicted molar refractivity (Wildman–Crippen MR) is 110 cm³/mol. The molecule has 0 aromatic carbocycles. The molecule has 2 aliphatic rings. The van der Waals surface area contributed by atoms with Gasteiger partial charge in [0.15, 0.2) is 11.7 Å². The monoisotopic (exact) mass is 389 g/mol. The molecule has 1 amide bonds. The summed E-state index contributed by atoms with van der Waals surface area (Å²) in [5.41, 5.74) is 0.954. The van der Waals surface area contributed by atoms with Crippen LogP contribution in [0.15, 0.2) is 15.6 Å². The van der Waals surface area contributed by atoms with E-state index in [2.05, 4.69) is 41.6 Å². The number of aliphatic imine (C=N–C) groups is 1. The number of rotatable bonds is 6. The molecule has 1 aromatic rings. The average molecular weight is 390 g/mol. The van der Waals surface area contributed by atoms with Crippen LogP contribution in [0, 0.1) is 5.92 Å². The molecule has 2 fully saturated rings. The third kappa shape index (κ3) is 5.49. The SMILES string of the molecule is CCNC(=NCc1cc(C(C)C)no1)NC1CCN(C(=O)C2CCCCC2)C1. The highest BCUT2D eigenvalue weighted by molar-refractivity contribution is 5.81. The summed E-state index contributed by atoms with van der Waals surface area (Å²) in [5.74, 6) is 2.48. The Morgan fingerprint density at radius 1 is 1.32 bits per heavy atom. The van der Waals surface area contributed by atoms with Gasteiger partial charge in [-0.25, -0.2) is 4.99 Å². The number of amides is 1. The zero-order valence-electron chi connectivity index (χ0n) is 17.5. The maximum atomic E-state index is 12.8. The normalized spacial score (nSPS) is 21.4. The third-order valence-electron chi connectivity index (χ3n) is 5.70. The first-order valence-corrected chi connectivity index (χ1v) is 10.9. The molecular weight excluding hydrogens is 354 g/mol. The summed E-state index contributed by atoms with van der Waals surface area (Å²) in [6, 6.07) is 2.21. The molecule has 0 spiro atoms. The maximum Gasteiger partial charge on any atom is 0.225 e. The average Bonchev–Trinajstić information content (AvgIpc) is 3.36. The predicted octanol–water partition coefficient (Wildman–Crippen LogP) is 3.03. The second-order valence-corrected chi connectivity index (χ2v) is 8.32. The van der Waals surface area contributed by atoms with Crippen LogP contribution in [0.2, 0.25) is 0 Å². The quantitative estimate of drug-likeness (QED) is 0.577. The zero-order valence-corrected chi connectivity index (χ0v) is 17.5. The smallest absolute Gasteiger partial charge is 0.225 e. The van der Waals surface area contributed by atoms with Crippen molar-refractivity contribution in [2.75, 3.05) is 19.6 Å². The van der Waals surface area contributed by atoms with Crippen molar-refractivity contribution in [2.45, 2.75) is 77.8 Å². The van der Waals surface area contributed by atoms with Crippen LogP contribution in [-0.4, -0.2) is 47.6 Å². The number of likely N-dealkylation sites (tertiary alicyclic amines) is 1. The molecule has 156 valence electrons. The molecule has 3 rings (SSSR count). The van der Waals surface area contributed by atoms with Gasteiger partial charge in [-0.1, -0.05) is 38.3 Å². The van der Waals surface area contributed by atoms with E-state index in [9.17, 15) is 4.79 Å². The largest absolute Gasteiger partial charge is 0.359 e. The number of nitrogens with one attached hydrogen (secondary N) is 2. The van der Waals surface area contributed by atoms with E-state index in [4.69, 9.17) is 4.52 Å². The Bertz CT molecular complexity index is 664. The van der Waals surface area contributed by atoms with E-state index < -0.39 is 0 Å². The standard InChI is InChI=1S/C21H35N5O2/c1-4-22-21(23-13-18-12-19(15(2)3)25-28-18)24-17-10-11-26(14-17)20(27)16-8-6-5-7-9-16/h12,15-17H,4-11,13-14H2,1-3H3,(H2,22,23,24). The van der Waals surface area contributed by atoms with Crippen molar-refractivity contribution < 1.29 is 9.32 Å². The minimum absolute atomic E-state index is 0.242. The molecular formula is C21H35N5O2. The first-order chi connectivity index (χ1) is 13.6. The van der Waals surface area contributed by atoms with Crippen LogP contribution < -0.4 is 10.6 Å². The van der Waals surface area contributed by atoms with Gasteiger partial charge in [-0.15, -0.1) is 0 Å². The molecule has 2 heterocycles. The number of aromatic nitrogens is 1. The molecule has 7 nitrogen and oxygen atoms in total. The van der Waals surface area contributed by atoms with Crippen molar-refractivity contribution >= 4 is 11.9 Å². The van der Waals surface area contributed by atoms with Crippen LogP contribution in [0.25, 0.3) is 0 Å². The van der Waals surface area contributed by atoms with Crippen molar-refractivity contribution in [1.82, 2.24) is 20.7 Å². The first kappa shape index (κ1) is 20.7. The Balaban J connectivity index is 1.52. The molecule has 1 unspecified atom stereocenters. The van der Waals surface area contributed by atoms with Crippen LogP contribution in [0.1, 0.15) is 76.7 Å². The van der Waals surface area contributed by atoms with Crippen LogP contribution in [0.3, 0.4) is 0 Å². The molecule has 1 aromatic heterocycles. The number of carbonyl (C=O) groups excluding carboxylic acids is 1. The minimum atomic E-state index is 0.242. The lowest BCUT2D eigenvalue weighted by atomic mass is 9.88. The number of nitrogens with zero attached hydrogens (tertiary/aromatic N) is 3. The fourth-order valence-corrected chi connectivity index (χ4v) is 4.03. The van der Waals surface area contributed by atoms with Gasteiger partial charge < -0.3 is 20.1 Å². The Morgan fingerprint density at radius 3 is 2.79 bits per heavy atom. The summed E-state index contributed by atoms with van der Waals surface area (Å²) < 4.78 is 5.37. The summed E-state index contributed by atoms with van der Waals surface area (Å²) in [4.78, 5) is 19.4. The molecule has 1 saturated heterocycles. The second kappa shape index (κ2) is 9.94. The molecule has 28 heavy (non-hydrogen) atoms. The lowest BCUT2D eigenvalue weighted by Gasteiger charge is -2.26. The van der Waals surface area contributed by atoms with Gasteiger partial charge in [-0.05, 0) is 32.1 Å². The summed E-state index contributed by atoms with van der Waals surface area (Å²) in [7, 11) is 0. The van der Waals surface area contributed by atoms with E-state index in [1.54, 1.807) is 0 Å². The Kier molecular flexibility index (Phi) is 7.34. The van der Waals surface area contributed by atoms with Crippen LogP contribution >= 0.6 is 0 Å². The molecule has 1 atom stereocenters. The Labute approximate surface area is 168 Å². The molecule has 0 radical (unpaired) electrons. The van der Waals surface area contributed by atoms with Crippen molar-refractivity contribution in [3.63, 3.8) is 0 Å². The van der Waals surface area contributed by atoms with Crippen molar-refractivity contribution in [3.05, 3.63) is 17.5 Å². The lowest BCUT2D eigenvalue weighted by molar-refractivity contribution is -0.135. The Morgan fingerprint density at radius 2 is 2.11 bits per heavy atom. The van der Waals surface area contributed by atoms with Gasteiger partial charge in [-0.2, -0.15) is 0 Å². The topological polar surface area (TPSA) is 82.8 Å². The molecule has 1 aliphatic carbocycles. The molecule has 2 N–H and O–H groups in total. The van der Waals surface area contributed by atoms with E-state index in [1.165, 1.54) is 19.3 Å². The van der Waals surface area contributed by atoms with Gasteiger partial charge in [-0.3, -0.25) is 4.79 Å². The molecule has 7 heteroatoms. The van der Waals surface area contributed by atoms with Crippen LogP contribution in [0.5, 0.6) is 0 Å². The van der Waals surface area contributed by atoms with Crippen LogP contribution in [0.4, 0.5) is 0 Å². The minimum Gasteiger partial charge on any atom is -0.359 e. The van der Waals surface area contributed by atoms with E-state index in [1.807, 2.05) is 11.0 Å². The van der Waals surface area contributed by atoms with Gasteiger partial charge in [0.1, 0.15) is 6.54 Å². The number of hydrogen-bond donors (Lipinski definition) is 2. The maximum absolute atomic E-state index is 12.8. The van der Waals surface area contributed by atoms with E-state index in [0.717, 1.165) is 56.3 Å². The van der Waals surface area contributed by atoms with Crippen molar-refractivity contribution in [2.24, 2.45) is 10.9 Å².